The van der Waals surface area contributed by atoms with Gasteiger partial charge in [0, 0.05) is 24.4 Å². The molecule has 0 aliphatic rings. The van der Waals surface area contributed by atoms with Crippen LogP contribution in [0.15, 0.2) is 29.4 Å². The molecule has 2 aromatic heterocycles. The molecule has 20 heavy (non-hydrogen) atoms. The molecule has 2 amide bonds. The number of nitrogens with zero attached hydrogens (tertiary/aromatic N) is 2. The number of carboxylic acids is 1. The number of aliphatic carboxylic acids is 1. The summed E-state index contributed by atoms with van der Waals surface area (Å²) >= 11 is 0. The predicted molar refractivity (Wildman–Crippen MR) is 65.6 cm³/mol. The zero-order chi connectivity index (χ0) is 14.4. The third-order valence-electron chi connectivity index (χ3n) is 2.50. The molecule has 0 aromatic carbocycles. The Morgan fingerprint density at radius 2 is 2.35 bits per heavy atom. The van der Waals surface area contributed by atoms with E-state index in [4.69, 9.17) is 5.11 Å². The zero-order valence-corrected chi connectivity index (χ0v) is 10.4. The summed E-state index contributed by atoms with van der Waals surface area (Å²) in [6.07, 6.45) is 4.45. The number of imidazole rings is 1. The second kappa shape index (κ2) is 6.36. The first-order valence-electron chi connectivity index (χ1n) is 5.79. The number of aromatic amines is 1. The molecule has 106 valence electrons. The highest BCUT2D eigenvalue weighted by molar-refractivity contribution is 5.82. The number of carboxylic acid groups (broad SMARTS) is 1. The van der Waals surface area contributed by atoms with Crippen molar-refractivity contribution in [1.29, 1.82) is 0 Å². The Morgan fingerprint density at radius 1 is 1.50 bits per heavy atom. The number of urea groups is 1. The summed E-state index contributed by atoms with van der Waals surface area (Å²) in [4.78, 5) is 29.3. The van der Waals surface area contributed by atoms with Crippen LogP contribution in [-0.2, 0) is 17.8 Å². The van der Waals surface area contributed by atoms with Crippen molar-refractivity contribution < 1.29 is 19.2 Å². The minimum absolute atomic E-state index is 0.118. The number of H-pyrrole nitrogens is 1. The first-order valence-corrected chi connectivity index (χ1v) is 5.79. The quantitative estimate of drug-likeness (QED) is 0.583. The Morgan fingerprint density at radius 3 is 2.95 bits per heavy atom. The van der Waals surface area contributed by atoms with E-state index in [1.807, 2.05) is 0 Å². The van der Waals surface area contributed by atoms with E-state index in [0.29, 0.717) is 11.4 Å². The highest BCUT2D eigenvalue weighted by Gasteiger charge is 2.20. The number of hydrogen-bond donors (Lipinski definition) is 4. The van der Waals surface area contributed by atoms with Crippen molar-refractivity contribution in [2.45, 2.75) is 19.0 Å². The smallest absolute Gasteiger partial charge is 0.326 e. The maximum Gasteiger partial charge on any atom is 0.326 e. The maximum absolute atomic E-state index is 11.6. The van der Waals surface area contributed by atoms with Gasteiger partial charge in [0.05, 0.1) is 12.9 Å². The Labute approximate surface area is 113 Å². The minimum Gasteiger partial charge on any atom is -0.480 e. The molecular weight excluding hydrogens is 266 g/mol. The van der Waals surface area contributed by atoms with Crippen molar-refractivity contribution in [3.63, 3.8) is 0 Å². The van der Waals surface area contributed by atoms with Crippen LogP contribution in [0.3, 0.4) is 0 Å². The van der Waals surface area contributed by atoms with E-state index in [2.05, 4.69) is 30.3 Å². The van der Waals surface area contributed by atoms with Gasteiger partial charge in [-0.3, -0.25) is 0 Å². The summed E-state index contributed by atoms with van der Waals surface area (Å²) < 4.78 is 4.61. The van der Waals surface area contributed by atoms with Crippen LogP contribution in [0.4, 0.5) is 4.79 Å². The first-order chi connectivity index (χ1) is 9.65. The Bertz CT molecular complexity index is 551. The van der Waals surface area contributed by atoms with Gasteiger partial charge in [0.1, 0.15) is 18.0 Å². The SMILES string of the molecule is O=C(NCc1ccon1)NC(Cc1cnc[nH]1)C(=O)O. The second-order valence-corrected chi connectivity index (χ2v) is 3.99. The molecule has 9 heteroatoms. The normalized spacial score (nSPS) is 11.8. The largest absolute Gasteiger partial charge is 0.480 e. The van der Waals surface area contributed by atoms with E-state index in [1.54, 1.807) is 6.07 Å². The molecular formula is C11H13N5O4. The molecule has 2 aromatic rings. The fourth-order valence-corrected chi connectivity index (χ4v) is 1.53. The lowest BCUT2D eigenvalue weighted by molar-refractivity contribution is -0.139. The number of nitrogens with one attached hydrogen (secondary N) is 3. The van der Waals surface area contributed by atoms with Gasteiger partial charge in [-0.25, -0.2) is 14.6 Å². The van der Waals surface area contributed by atoms with Crippen molar-refractivity contribution in [3.8, 4) is 0 Å². The van der Waals surface area contributed by atoms with E-state index in [0.717, 1.165) is 0 Å². The second-order valence-electron chi connectivity index (χ2n) is 3.99. The average Bonchev–Trinajstić information content (AvgIpc) is 3.08. The average molecular weight is 279 g/mol. The standard InChI is InChI=1S/C11H13N5O4/c17-10(18)9(3-8-4-12-6-14-8)15-11(19)13-5-7-1-2-20-16-7/h1-2,4,6,9H,3,5H2,(H,12,14)(H,17,18)(H2,13,15,19). The van der Waals surface area contributed by atoms with Crippen LogP contribution in [0, 0.1) is 0 Å². The van der Waals surface area contributed by atoms with Crippen molar-refractivity contribution >= 4 is 12.0 Å². The van der Waals surface area contributed by atoms with Crippen LogP contribution in [0.2, 0.25) is 0 Å². The third-order valence-corrected chi connectivity index (χ3v) is 2.50. The van der Waals surface area contributed by atoms with Crippen molar-refractivity contribution in [2.75, 3.05) is 0 Å². The van der Waals surface area contributed by atoms with Crippen molar-refractivity contribution in [3.05, 3.63) is 36.2 Å². The molecule has 0 spiro atoms. The van der Waals surface area contributed by atoms with Gasteiger partial charge in [0.2, 0.25) is 0 Å². The number of rotatable bonds is 6. The molecule has 2 heterocycles. The number of aromatic nitrogens is 3. The maximum atomic E-state index is 11.6. The van der Waals surface area contributed by atoms with Gasteiger partial charge in [-0.1, -0.05) is 5.16 Å². The van der Waals surface area contributed by atoms with E-state index >= 15 is 0 Å². The van der Waals surface area contributed by atoms with E-state index < -0.39 is 18.0 Å². The molecule has 9 nitrogen and oxygen atoms in total. The summed E-state index contributed by atoms with van der Waals surface area (Å²) in [6, 6.07) is -0.0489. The fraction of sp³-hybridized carbons (Fsp3) is 0.273. The highest BCUT2D eigenvalue weighted by Crippen LogP contribution is 1.99. The van der Waals surface area contributed by atoms with Crippen LogP contribution in [-0.4, -0.2) is 38.3 Å². The van der Waals surface area contributed by atoms with E-state index in [9.17, 15) is 9.59 Å². The van der Waals surface area contributed by atoms with E-state index in [-0.39, 0.29) is 13.0 Å². The molecule has 0 aliphatic heterocycles. The van der Waals surface area contributed by atoms with Gasteiger partial charge >= 0.3 is 12.0 Å². The van der Waals surface area contributed by atoms with Crippen LogP contribution in [0.1, 0.15) is 11.4 Å². The van der Waals surface area contributed by atoms with Crippen molar-refractivity contribution in [2.24, 2.45) is 0 Å². The Balaban J connectivity index is 1.84. The summed E-state index contributed by atoms with van der Waals surface area (Å²) in [5.41, 5.74) is 1.16. The topological polar surface area (TPSA) is 133 Å². The monoisotopic (exact) mass is 279 g/mol. The molecule has 1 atom stereocenters. The van der Waals surface area contributed by atoms with Crippen molar-refractivity contribution in [1.82, 2.24) is 25.8 Å². The van der Waals surface area contributed by atoms with Gasteiger partial charge in [0.25, 0.3) is 0 Å². The first kappa shape index (κ1) is 13.6. The van der Waals surface area contributed by atoms with Crippen LogP contribution < -0.4 is 10.6 Å². The van der Waals surface area contributed by atoms with Gasteiger partial charge in [-0.2, -0.15) is 0 Å². The zero-order valence-electron chi connectivity index (χ0n) is 10.4. The lowest BCUT2D eigenvalue weighted by Crippen LogP contribution is -2.47. The molecule has 0 aliphatic carbocycles. The van der Waals surface area contributed by atoms with Gasteiger partial charge in [-0.05, 0) is 0 Å². The van der Waals surface area contributed by atoms with Gasteiger partial charge in [-0.15, -0.1) is 0 Å². The Kier molecular flexibility index (Phi) is 4.32. The third kappa shape index (κ3) is 3.83. The molecule has 0 saturated carbocycles. The summed E-state index contributed by atoms with van der Waals surface area (Å²) in [5, 5.41) is 17.5. The molecule has 4 N–H and O–H groups in total. The predicted octanol–water partition coefficient (Wildman–Crippen LogP) is -0.107. The summed E-state index contributed by atoms with van der Waals surface area (Å²) in [7, 11) is 0. The van der Waals surface area contributed by atoms with Gasteiger partial charge < -0.3 is 25.2 Å². The minimum atomic E-state index is -1.13. The number of carbonyl (C=O) groups excluding carboxylic acids is 1. The lowest BCUT2D eigenvalue weighted by atomic mass is 10.2. The number of hydrogen-bond acceptors (Lipinski definition) is 5. The molecule has 0 saturated heterocycles. The molecule has 0 bridgehead atoms. The molecule has 0 radical (unpaired) electrons. The highest BCUT2D eigenvalue weighted by atomic mass is 16.5. The van der Waals surface area contributed by atoms with Crippen LogP contribution in [0.25, 0.3) is 0 Å². The molecule has 2 rings (SSSR count). The number of amides is 2. The summed E-state index contributed by atoms with van der Waals surface area (Å²) in [6.45, 7) is 0.152. The van der Waals surface area contributed by atoms with Gasteiger partial charge in [0.15, 0.2) is 0 Å². The molecule has 0 fully saturated rings. The fourth-order valence-electron chi connectivity index (χ4n) is 1.53. The lowest BCUT2D eigenvalue weighted by Gasteiger charge is -2.13. The van der Waals surface area contributed by atoms with Crippen LogP contribution >= 0.6 is 0 Å². The van der Waals surface area contributed by atoms with Crippen LogP contribution in [0.5, 0.6) is 0 Å². The molecule has 1 unspecified atom stereocenters. The summed E-state index contributed by atoms with van der Waals surface area (Å²) in [5.74, 6) is -1.13. The number of carbonyl (C=O) groups is 2. The van der Waals surface area contributed by atoms with E-state index in [1.165, 1.54) is 18.8 Å². The Hall–Kier alpha value is -2.84.